The van der Waals surface area contributed by atoms with Crippen molar-refractivity contribution in [3.8, 4) is 0 Å². The molecule has 4 rings (SSSR count). The van der Waals surface area contributed by atoms with Crippen LogP contribution in [0.15, 0.2) is 41.4 Å². The maximum atomic E-state index is 13.8. The number of aliphatic hydroxyl groups is 2. The minimum atomic E-state index is -1.71. The van der Waals surface area contributed by atoms with Gasteiger partial charge in [0.05, 0.1) is 17.2 Å². The Hall–Kier alpha value is -2.98. The van der Waals surface area contributed by atoms with Crippen LogP contribution in [0.4, 0.5) is 8.78 Å². The van der Waals surface area contributed by atoms with Gasteiger partial charge in [0.1, 0.15) is 23.4 Å². The quantitative estimate of drug-likeness (QED) is 0.651. The first-order chi connectivity index (χ1) is 14.7. The highest BCUT2D eigenvalue weighted by Gasteiger charge is 2.56. The molecule has 3 N–H and O–H groups in total. The lowest BCUT2D eigenvalue weighted by atomic mass is 9.70. The third-order valence-corrected chi connectivity index (χ3v) is 6.16. The van der Waals surface area contributed by atoms with Crippen molar-refractivity contribution < 1.29 is 33.3 Å². The number of methoxy groups -OCH3 is 1. The number of halogens is 2. The summed E-state index contributed by atoms with van der Waals surface area (Å²) in [5.74, 6) is -3.37. The molecule has 10 heteroatoms. The highest BCUT2D eigenvalue weighted by Crippen LogP contribution is 2.47. The molecule has 0 radical (unpaired) electrons. The molecule has 1 saturated heterocycles. The van der Waals surface area contributed by atoms with Crippen LogP contribution in [0, 0.1) is 11.6 Å². The molecule has 2 fully saturated rings. The lowest BCUT2D eigenvalue weighted by Gasteiger charge is -2.58. The summed E-state index contributed by atoms with van der Waals surface area (Å²) in [4.78, 5) is 28.4. The molecule has 0 aromatic heterocycles. The minimum absolute atomic E-state index is 0.0241. The summed E-state index contributed by atoms with van der Waals surface area (Å²) in [6.07, 6.45) is 0.770. The van der Waals surface area contributed by atoms with Crippen LogP contribution < -0.4 is 5.32 Å². The summed E-state index contributed by atoms with van der Waals surface area (Å²) in [7, 11) is 3.20. The third-order valence-electron chi connectivity index (χ3n) is 6.16. The molecule has 1 atom stereocenters. The molecule has 8 nitrogen and oxygen atoms in total. The Labute approximate surface area is 177 Å². The second-order valence-electron chi connectivity index (χ2n) is 8.16. The summed E-state index contributed by atoms with van der Waals surface area (Å²) >= 11 is 0. The van der Waals surface area contributed by atoms with E-state index in [0.717, 1.165) is 6.07 Å². The van der Waals surface area contributed by atoms with E-state index < -0.39 is 40.9 Å². The molecule has 2 amide bonds. The van der Waals surface area contributed by atoms with E-state index >= 15 is 0 Å². The number of nitrogens with one attached hydrogen (secondary N) is 1. The molecular weight excluding hydrogens is 412 g/mol. The number of ether oxygens (including phenoxy) is 1. The van der Waals surface area contributed by atoms with Gasteiger partial charge in [0.25, 0.3) is 11.8 Å². The van der Waals surface area contributed by atoms with Gasteiger partial charge in [0.15, 0.2) is 5.76 Å². The second kappa shape index (κ2) is 7.61. The predicted octanol–water partition coefficient (Wildman–Crippen LogP) is 0.931. The summed E-state index contributed by atoms with van der Waals surface area (Å²) < 4.78 is 32.3. The molecule has 2 aliphatic heterocycles. The molecule has 3 aliphatic rings. The van der Waals surface area contributed by atoms with Gasteiger partial charge in [-0.15, -0.1) is 0 Å². The molecular formula is C21H23F2N3O5. The Morgan fingerprint density at radius 3 is 2.71 bits per heavy atom. The molecule has 31 heavy (non-hydrogen) atoms. The molecule has 1 aromatic rings. The van der Waals surface area contributed by atoms with Gasteiger partial charge >= 0.3 is 0 Å². The van der Waals surface area contributed by atoms with Crippen LogP contribution in [0.25, 0.3) is 0 Å². The fourth-order valence-corrected chi connectivity index (χ4v) is 4.44. The number of amides is 2. The van der Waals surface area contributed by atoms with Crippen LogP contribution in [0.3, 0.4) is 0 Å². The van der Waals surface area contributed by atoms with Gasteiger partial charge in [0.2, 0.25) is 0 Å². The average Bonchev–Trinajstić information content (AvgIpc) is 2.70. The van der Waals surface area contributed by atoms with Gasteiger partial charge in [-0.2, -0.15) is 0 Å². The van der Waals surface area contributed by atoms with Crippen LogP contribution >= 0.6 is 0 Å². The van der Waals surface area contributed by atoms with Crippen LogP contribution in [-0.4, -0.2) is 70.3 Å². The molecule has 1 spiro atoms. The number of hydrogen-bond acceptors (Lipinski definition) is 6. The first kappa shape index (κ1) is 21.3. The normalized spacial score (nSPS) is 27.8. The van der Waals surface area contributed by atoms with E-state index in [-0.39, 0.29) is 29.5 Å². The number of carbonyl (C=O) groups is 2. The number of benzene rings is 1. The van der Waals surface area contributed by atoms with E-state index in [2.05, 4.69) is 5.32 Å². The number of hydrogen-bond donors (Lipinski definition) is 3. The van der Waals surface area contributed by atoms with Crippen molar-refractivity contribution in [2.24, 2.45) is 0 Å². The molecule has 166 valence electrons. The minimum Gasteiger partial charge on any atom is -0.507 e. The number of fused-ring (bicyclic) bond motifs is 2. The third kappa shape index (κ3) is 3.45. The van der Waals surface area contributed by atoms with Crippen molar-refractivity contribution in [3.05, 3.63) is 58.6 Å². The highest BCUT2D eigenvalue weighted by molar-refractivity contribution is 5.99. The smallest absolute Gasteiger partial charge is 0.273 e. The van der Waals surface area contributed by atoms with E-state index in [1.807, 2.05) is 0 Å². The zero-order chi connectivity index (χ0) is 22.5. The number of piperazine rings is 1. The number of rotatable bonds is 4. The predicted molar refractivity (Wildman–Crippen MR) is 104 cm³/mol. The van der Waals surface area contributed by atoms with Crippen molar-refractivity contribution in [2.45, 2.75) is 37.1 Å². The number of carbonyl (C=O) groups excluding carboxylic acids is 2. The SMILES string of the molecule is COC1CC2(C1)CN(C)C(=O)C1=C(O)C(O)C(C(=O)NCc3ccc(F)cc3F)=CN12. The molecule has 1 aromatic carbocycles. The Bertz CT molecular complexity index is 1000. The van der Waals surface area contributed by atoms with Gasteiger partial charge in [0, 0.05) is 45.1 Å². The molecule has 1 aliphatic carbocycles. The van der Waals surface area contributed by atoms with Crippen molar-refractivity contribution >= 4 is 11.8 Å². The van der Waals surface area contributed by atoms with E-state index in [1.54, 1.807) is 19.1 Å². The van der Waals surface area contributed by atoms with Gasteiger partial charge in [-0.05, 0) is 18.9 Å². The molecule has 1 unspecified atom stereocenters. The topological polar surface area (TPSA) is 102 Å². The van der Waals surface area contributed by atoms with Crippen LogP contribution in [0.5, 0.6) is 0 Å². The Kier molecular flexibility index (Phi) is 5.22. The van der Waals surface area contributed by atoms with Gasteiger partial charge in [-0.3, -0.25) is 9.59 Å². The summed E-state index contributed by atoms with van der Waals surface area (Å²) in [5.41, 5.74) is -0.756. The van der Waals surface area contributed by atoms with Gasteiger partial charge in [-0.25, -0.2) is 8.78 Å². The Balaban J connectivity index is 1.60. The fraction of sp³-hybridized carbons (Fsp3) is 0.429. The lowest BCUT2D eigenvalue weighted by molar-refractivity contribution is -0.146. The van der Waals surface area contributed by atoms with Crippen LogP contribution in [0.2, 0.25) is 0 Å². The monoisotopic (exact) mass is 435 g/mol. The average molecular weight is 435 g/mol. The first-order valence-corrected chi connectivity index (χ1v) is 9.79. The standard InChI is InChI=1S/C21H23F2N3O5/c1-25-10-21(6-13(7-21)31-2)26-9-14(17(27)18(28)16(26)20(25)30)19(29)24-8-11-3-4-12(22)5-15(11)23/h3-5,9,13,17,27-28H,6-8,10H2,1-2H3,(H,24,29). The van der Waals surface area contributed by atoms with Crippen molar-refractivity contribution in [1.82, 2.24) is 15.1 Å². The fourth-order valence-electron chi connectivity index (χ4n) is 4.44. The van der Waals surface area contributed by atoms with E-state index in [9.17, 15) is 28.6 Å². The summed E-state index contributed by atoms with van der Waals surface area (Å²) in [6, 6.07) is 2.99. The molecule has 0 bridgehead atoms. The molecule has 2 heterocycles. The molecule has 1 saturated carbocycles. The zero-order valence-corrected chi connectivity index (χ0v) is 17.1. The number of likely N-dealkylation sites (N-methyl/N-ethyl adjacent to an activating group) is 1. The van der Waals surface area contributed by atoms with Crippen molar-refractivity contribution in [3.63, 3.8) is 0 Å². The number of aliphatic hydroxyl groups excluding tert-OH is 2. The highest BCUT2D eigenvalue weighted by atomic mass is 19.1. The second-order valence-corrected chi connectivity index (χ2v) is 8.16. The Morgan fingerprint density at radius 1 is 1.35 bits per heavy atom. The van der Waals surface area contributed by atoms with Crippen molar-refractivity contribution in [1.29, 1.82) is 0 Å². The maximum absolute atomic E-state index is 13.8. The number of nitrogens with zero attached hydrogens (tertiary/aromatic N) is 2. The van der Waals surface area contributed by atoms with Gasteiger partial charge < -0.3 is 30.1 Å². The van der Waals surface area contributed by atoms with Crippen molar-refractivity contribution in [2.75, 3.05) is 20.7 Å². The zero-order valence-electron chi connectivity index (χ0n) is 17.1. The van der Waals surface area contributed by atoms with Crippen LogP contribution in [-0.2, 0) is 20.9 Å². The summed E-state index contributed by atoms with van der Waals surface area (Å²) in [5, 5.41) is 23.6. The Morgan fingerprint density at radius 2 is 2.06 bits per heavy atom. The maximum Gasteiger partial charge on any atom is 0.273 e. The lowest BCUT2D eigenvalue weighted by Crippen LogP contribution is -2.68. The van der Waals surface area contributed by atoms with Gasteiger partial charge in [-0.1, -0.05) is 6.07 Å². The van der Waals surface area contributed by atoms with Crippen LogP contribution in [0.1, 0.15) is 18.4 Å². The van der Waals surface area contributed by atoms with E-state index in [0.29, 0.717) is 25.5 Å². The summed E-state index contributed by atoms with van der Waals surface area (Å²) in [6.45, 7) is 0.121. The largest absolute Gasteiger partial charge is 0.507 e. The van der Waals surface area contributed by atoms with E-state index in [4.69, 9.17) is 4.74 Å². The van der Waals surface area contributed by atoms with E-state index in [1.165, 1.54) is 17.2 Å². The first-order valence-electron chi connectivity index (χ1n) is 9.79.